The SMILES string of the molecule is CC1(CC2N3C(C(=O)OC3(C)C)C(c3cccc(Cl)c3F)C2(N)c2ccc(Cl)cc2F)COC1. The maximum absolute atomic E-state index is 15.5. The maximum Gasteiger partial charge on any atom is 0.325 e. The lowest BCUT2D eigenvalue weighted by Gasteiger charge is -2.48. The van der Waals surface area contributed by atoms with E-state index in [2.05, 4.69) is 6.92 Å². The fourth-order valence-corrected chi connectivity index (χ4v) is 6.39. The van der Waals surface area contributed by atoms with Crippen LogP contribution in [0.3, 0.4) is 0 Å². The second kappa shape index (κ2) is 7.87. The number of hydrogen-bond acceptors (Lipinski definition) is 5. The summed E-state index contributed by atoms with van der Waals surface area (Å²) < 4.78 is 42.3. The molecule has 0 aliphatic carbocycles. The summed E-state index contributed by atoms with van der Waals surface area (Å²) in [4.78, 5) is 15.2. The summed E-state index contributed by atoms with van der Waals surface area (Å²) in [7, 11) is 0. The molecule has 34 heavy (non-hydrogen) atoms. The zero-order valence-electron chi connectivity index (χ0n) is 19.1. The molecule has 0 amide bonds. The van der Waals surface area contributed by atoms with Gasteiger partial charge in [-0.1, -0.05) is 48.3 Å². The molecule has 4 unspecified atom stereocenters. The highest BCUT2D eigenvalue weighted by molar-refractivity contribution is 6.31. The highest BCUT2D eigenvalue weighted by atomic mass is 35.5. The number of benzene rings is 2. The topological polar surface area (TPSA) is 64.8 Å². The highest BCUT2D eigenvalue weighted by Crippen LogP contribution is 2.58. The smallest absolute Gasteiger partial charge is 0.325 e. The van der Waals surface area contributed by atoms with Crippen LogP contribution < -0.4 is 5.73 Å². The van der Waals surface area contributed by atoms with Gasteiger partial charge in [0.1, 0.15) is 17.7 Å². The Labute approximate surface area is 207 Å². The lowest BCUT2D eigenvalue weighted by atomic mass is 9.67. The van der Waals surface area contributed by atoms with Crippen molar-refractivity contribution in [1.82, 2.24) is 4.90 Å². The third-order valence-electron chi connectivity index (χ3n) is 7.53. The molecule has 5 nitrogen and oxygen atoms in total. The third kappa shape index (κ3) is 3.39. The van der Waals surface area contributed by atoms with E-state index in [0.29, 0.717) is 19.6 Å². The van der Waals surface area contributed by atoms with E-state index >= 15 is 8.78 Å². The van der Waals surface area contributed by atoms with Gasteiger partial charge in [0.25, 0.3) is 0 Å². The van der Waals surface area contributed by atoms with E-state index in [1.807, 2.05) is 4.90 Å². The van der Waals surface area contributed by atoms with Gasteiger partial charge in [-0.15, -0.1) is 0 Å². The van der Waals surface area contributed by atoms with Gasteiger partial charge >= 0.3 is 5.97 Å². The Morgan fingerprint density at radius 1 is 1.15 bits per heavy atom. The fraction of sp³-hybridized carbons (Fsp3) is 0.480. The van der Waals surface area contributed by atoms with Crippen molar-refractivity contribution in [3.8, 4) is 0 Å². The van der Waals surface area contributed by atoms with Gasteiger partial charge in [-0.3, -0.25) is 4.79 Å². The van der Waals surface area contributed by atoms with Crippen LogP contribution >= 0.6 is 23.2 Å². The number of halogens is 4. The van der Waals surface area contributed by atoms with Crippen LogP contribution in [0.1, 0.15) is 44.2 Å². The molecule has 3 fully saturated rings. The summed E-state index contributed by atoms with van der Waals surface area (Å²) in [5.41, 5.74) is 4.77. The summed E-state index contributed by atoms with van der Waals surface area (Å²) in [6.07, 6.45) is 0.487. The Kier molecular flexibility index (Phi) is 5.54. The number of carbonyl (C=O) groups is 1. The summed E-state index contributed by atoms with van der Waals surface area (Å²) in [5, 5.41) is 0.112. The van der Waals surface area contributed by atoms with Crippen LogP contribution in [-0.4, -0.2) is 41.9 Å². The Morgan fingerprint density at radius 2 is 1.85 bits per heavy atom. The van der Waals surface area contributed by atoms with Crippen LogP contribution in [0.15, 0.2) is 36.4 Å². The second-order valence-electron chi connectivity index (χ2n) is 10.4. The molecule has 0 saturated carbocycles. The van der Waals surface area contributed by atoms with Crippen LogP contribution in [0.25, 0.3) is 0 Å². The summed E-state index contributed by atoms with van der Waals surface area (Å²) in [6.45, 7) is 6.61. The van der Waals surface area contributed by atoms with Gasteiger partial charge in [-0.05, 0) is 44.0 Å². The number of nitrogens with two attached hydrogens (primary N) is 1. The van der Waals surface area contributed by atoms with Crippen molar-refractivity contribution in [2.24, 2.45) is 11.1 Å². The normalized spacial score (nSPS) is 31.8. The minimum absolute atomic E-state index is 0.101. The Hall–Kier alpha value is -1.77. The monoisotopic (exact) mass is 510 g/mol. The van der Waals surface area contributed by atoms with Crippen LogP contribution in [-0.2, 0) is 19.8 Å². The molecule has 0 aromatic heterocycles. The lowest BCUT2D eigenvalue weighted by Crippen LogP contribution is -2.59. The molecule has 3 saturated heterocycles. The number of esters is 1. The largest absolute Gasteiger partial charge is 0.443 e. The molecule has 3 heterocycles. The predicted molar refractivity (Wildman–Crippen MR) is 125 cm³/mol. The van der Waals surface area contributed by atoms with E-state index in [1.165, 1.54) is 18.2 Å². The van der Waals surface area contributed by atoms with Crippen molar-refractivity contribution in [2.45, 2.75) is 56.5 Å². The number of ether oxygens (including phenoxy) is 2. The molecule has 2 aromatic rings. The van der Waals surface area contributed by atoms with E-state index in [0.717, 1.165) is 0 Å². The summed E-state index contributed by atoms with van der Waals surface area (Å²) in [5.74, 6) is -2.80. The number of cyclic esters (lactones) is 1. The number of nitrogens with zero attached hydrogens (tertiary/aromatic N) is 1. The van der Waals surface area contributed by atoms with Gasteiger partial charge in [-0.25, -0.2) is 13.7 Å². The van der Waals surface area contributed by atoms with Crippen LogP contribution in [0.4, 0.5) is 8.78 Å². The van der Waals surface area contributed by atoms with E-state index in [9.17, 15) is 4.79 Å². The lowest BCUT2D eigenvalue weighted by molar-refractivity contribution is -0.156. The van der Waals surface area contributed by atoms with E-state index in [4.69, 9.17) is 38.4 Å². The van der Waals surface area contributed by atoms with Crippen molar-refractivity contribution < 1.29 is 23.0 Å². The average Bonchev–Trinajstić information content (AvgIpc) is 3.11. The molecule has 182 valence electrons. The summed E-state index contributed by atoms with van der Waals surface area (Å²) >= 11 is 12.2. The molecular formula is C25H26Cl2F2N2O3. The third-order valence-corrected chi connectivity index (χ3v) is 8.06. The van der Waals surface area contributed by atoms with E-state index in [1.54, 1.807) is 32.0 Å². The van der Waals surface area contributed by atoms with Crippen LogP contribution in [0.2, 0.25) is 10.0 Å². The van der Waals surface area contributed by atoms with Gasteiger partial charge in [0.05, 0.1) is 23.8 Å². The first-order valence-corrected chi connectivity index (χ1v) is 11.9. The maximum atomic E-state index is 15.5. The average molecular weight is 511 g/mol. The molecule has 4 atom stereocenters. The zero-order valence-corrected chi connectivity index (χ0v) is 20.6. The van der Waals surface area contributed by atoms with Crippen molar-refractivity contribution in [2.75, 3.05) is 13.2 Å². The molecule has 5 rings (SSSR count). The molecule has 0 spiro atoms. The first-order chi connectivity index (χ1) is 15.9. The molecule has 3 aliphatic heterocycles. The zero-order chi connectivity index (χ0) is 24.6. The minimum atomic E-state index is -1.50. The summed E-state index contributed by atoms with van der Waals surface area (Å²) in [6, 6.07) is 7.34. The van der Waals surface area contributed by atoms with Gasteiger partial charge in [0.2, 0.25) is 0 Å². The minimum Gasteiger partial charge on any atom is -0.443 e. The number of rotatable bonds is 4. The number of carbonyl (C=O) groups excluding carboxylic acids is 1. The molecule has 2 N–H and O–H groups in total. The molecule has 9 heteroatoms. The van der Waals surface area contributed by atoms with Crippen molar-refractivity contribution >= 4 is 29.2 Å². The molecule has 3 aliphatic rings. The predicted octanol–water partition coefficient (Wildman–Crippen LogP) is 4.98. The van der Waals surface area contributed by atoms with Crippen molar-refractivity contribution in [3.63, 3.8) is 0 Å². The fourth-order valence-electron chi connectivity index (χ4n) is 6.05. The first kappa shape index (κ1) is 23.9. The molecule has 0 radical (unpaired) electrons. The quantitative estimate of drug-likeness (QED) is 0.587. The second-order valence-corrected chi connectivity index (χ2v) is 11.3. The van der Waals surface area contributed by atoms with Crippen LogP contribution in [0, 0.1) is 17.0 Å². The molecular weight excluding hydrogens is 485 g/mol. The van der Waals surface area contributed by atoms with Crippen LogP contribution in [0.5, 0.6) is 0 Å². The van der Waals surface area contributed by atoms with E-state index in [-0.39, 0.29) is 26.6 Å². The molecule has 2 aromatic carbocycles. The first-order valence-electron chi connectivity index (χ1n) is 11.2. The Morgan fingerprint density at radius 3 is 2.47 bits per heavy atom. The number of hydrogen-bond donors (Lipinski definition) is 1. The van der Waals surface area contributed by atoms with Gasteiger partial charge < -0.3 is 15.2 Å². The Balaban J connectivity index is 1.80. The highest BCUT2D eigenvalue weighted by Gasteiger charge is 2.70. The van der Waals surface area contributed by atoms with Gasteiger partial charge in [0, 0.05) is 28.0 Å². The van der Waals surface area contributed by atoms with E-state index < -0.39 is 46.9 Å². The Bertz CT molecular complexity index is 1170. The van der Waals surface area contributed by atoms with Crippen molar-refractivity contribution in [1.29, 1.82) is 0 Å². The molecule has 0 bridgehead atoms. The van der Waals surface area contributed by atoms with Gasteiger partial charge in [0.15, 0.2) is 5.72 Å². The van der Waals surface area contributed by atoms with Crippen molar-refractivity contribution in [3.05, 3.63) is 69.2 Å². The number of fused-ring (bicyclic) bond motifs is 1. The van der Waals surface area contributed by atoms with Gasteiger partial charge in [-0.2, -0.15) is 0 Å². The standard InChI is InChI=1S/C25H26Cl2F2N2O3/c1-23(2)31-18(10-24(3)11-33-12-24)25(30,15-8-7-13(26)9-17(15)28)19(21(31)22(32)34-23)14-5-4-6-16(27)20(14)29/h4-9,18-19,21H,10-12,30H2,1-3H3.